The van der Waals surface area contributed by atoms with Gasteiger partial charge in [0.05, 0.1) is 27.5 Å². The van der Waals surface area contributed by atoms with E-state index in [1.807, 2.05) is 91.0 Å². The first kappa shape index (κ1) is 19.7. The van der Waals surface area contributed by atoms with Gasteiger partial charge in [-0.1, -0.05) is 115 Å². The number of nitrogens with zero attached hydrogens (tertiary/aromatic N) is 2. The summed E-state index contributed by atoms with van der Waals surface area (Å²) in [6, 6.07) is 33.3. The lowest BCUT2D eigenvalue weighted by molar-refractivity contribution is 1.18. The molecule has 10 aromatic rings. The van der Waals surface area contributed by atoms with Gasteiger partial charge in [0, 0.05) is 59.3 Å². The molecule has 0 radical (unpaired) electrons. The van der Waals surface area contributed by atoms with Gasteiger partial charge < -0.3 is 9.47 Å². The van der Waals surface area contributed by atoms with E-state index in [1.165, 1.54) is 4.90 Å². The first-order valence-electron chi connectivity index (χ1n) is 22.4. The van der Waals surface area contributed by atoms with Crippen LogP contribution < -0.4 is 4.90 Å². The first-order valence-corrected chi connectivity index (χ1v) is 17.2. The first-order chi connectivity index (χ1) is 30.3. The van der Waals surface area contributed by atoms with Crippen LogP contribution in [0, 0.1) is 0 Å². The van der Waals surface area contributed by atoms with Crippen LogP contribution in [0.2, 0.25) is 0 Å². The molecule has 3 heteroatoms. The number of rotatable bonds is 6. The molecule has 0 spiro atoms. The highest BCUT2D eigenvalue weighted by molar-refractivity contribution is 7.25. The Balaban J connectivity index is 1.37. The fourth-order valence-electron chi connectivity index (χ4n) is 6.89. The minimum absolute atomic E-state index is 0.00266. The van der Waals surface area contributed by atoms with Crippen molar-refractivity contribution in [2.75, 3.05) is 4.90 Å². The molecule has 2 heterocycles. The molecule has 0 aliphatic rings. The van der Waals surface area contributed by atoms with Gasteiger partial charge in [0.1, 0.15) is 0 Å². The van der Waals surface area contributed by atoms with Gasteiger partial charge in [-0.2, -0.15) is 0 Å². The van der Waals surface area contributed by atoms with Crippen molar-refractivity contribution in [2.24, 2.45) is 0 Å². The van der Waals surface area contributed by atoms with Gasteiger partial charge >= 0.3 is 0 Å². The second-order valence-electron chi connectivity index (χ2n) is 12.1. The molecule has 10 rings (SSSR count). The Morgan fingerprint density at radius 2 is 1.16 bits per heavy atom. The van der Waals surface area contributed by atoms with Crippen molar-refractivity contribution in [3.63, 3.8) is 0 Å². The van der Waals surface area contributed by atoms with Gasteiger partial charge in [0.15, 0.2) is 0 Å². The molecule has 0 bridgehead atoms. The topological polar surface area (TPSA) is 8.17 Å². The monoisotopic (exact) mass is 680 g/mol. The van der Waals surface area contributed by atoms with Crippen molar-refractivity contribution in [3.05, 3.63) is 194 Å². The lowest BCUT2D eigenvalue weighted by atomic mass is 9.95. The standard InChI is InChI=1S/C48H32N2S/c1-5-15-33(16-6-1)35-29-41(34-17-7-2-8-18-34)48-44(30-35)42-31-38(25-27-45(42)50(48)37-21-11-4-12-22-37)49(36-19-9-3-10-20-36)39-26-28-47-43(32-39)40-23-13-14-24-46(40)51-47/h1-32H/i3D,9D,10D,13D,14D,19D,20D,23D,24D,26D,28D,32D. The van der Waals surface area contributed by atoms with Crippen LogP contribution in [0.4, 0.5) is 17.1 Å². The lowest BCUT2D eigenvalue weighted by Gasteiger charge is -2.26. The third kappa shape index (κ3) is 5.01. The third-order valence-electron chi connectivity index (χ3n) is 9.12. The Morgan fingerprint density at radius 3 is 1.94 bits per heavy atom. The fraction of sp³-hybridized carbons (Fsp3) is 0. The summed E-state index contributed by atoms with van der Waals surface area (Å²) in [4.78, 5) is 1.27. The van der Waals surface area contributed by atoms with Crippen molar-refractivity contribution >= 4 is 70.4 Å². The highest BCUT2D eigenvalue weighted by Crippen LogP contribution is 2.45. The minimum atomic E-state index is -0.641. The summed E-state index contributed by atoms with van der Waals surface area (Å²) in [5, 5.41) is 1.53. The van der Waals surface area contributed by atoms with Crippen LogP contribution >= 0.6 is 11.3 Å². The van der Waals surface area contributed by atoms with Crippen LogP contribution in [0.5, 0.6) is 0 Å². The van der Waals surface area contributed by atoms with E-state index >= 15 is 0 Å². The molecule has 0 N–H and O–H groups in total. The van der Waals surface area contributed by atoms with Crippen LogP contribution in [0.25, 0.3) is 69.9 Å². The molecule has 0 aliphatic heterocycles. The van der Waals surface area contributed by atoms with Gasteiger partial charge in [0.2, 0.25) is 0 Å². The third-order valence-corrected chi connectivity index (χ3v) is 10.1. The number of hydrogen-bond acceptors (Lipinski definition) is 2. The van der Waals surface area contributed by atoms with Crippen molar-refractivity contribution in [2.45, 2.75) is 0 Å². The van der Waals surface area contributed by atoms with Gasteiger partial charge in [0.25, 0.3) is 0 Å². The van der Waals surface area contributed by atoms with E-state index in [-0.39, 0.29) is 49.3 Å². The number of fused-ring (bicyclic) bond motifs is 6. The summed E-state index contributed by atoms with van der Waals surface area (Å²) in [6.45, 7) is 0. The maximum Gasteiger partial charge on any atom is 0.0652 e. The zero-order chi connectivity index (χ0) is 44.2. The maximum atomic E-state index is 9.80. The van der Waals surface area contributed by atoms with Crippen molar-refractivity contribution in [1.29, 1.82) is 0 Å². The van der Waals surface area contributed by atoms with Crippen LogP contribution in [-0.2, 0) is 0 Å². The number of benzene rings is 8. The van der Waals surface area contributed by atoms with E-state index < -0.39 is 60.4 Å². The van der Waals surface area contributed by atoms with Gasteiger partial charge in [-0.15, -0.1) is 11.3 Å². The molecule has 2 aromatic heterocycles. The van der Waals surface area contributed by atoms with Gasteiger partial charge in [-0.25, -0.2) is 0 Å². The molecule has 0 saturated carbocycles. The largest absolute Gasteiger partial charge is 0.310 e. The zero-order valence-electron chi connectivity index (χ0n) is 38.8. The molecule has 2 nitrogen and oxygen atoms in total. The highest BCUT2D eigenvalue weighted by atomic mass is 32.1. The molecule has 0 saturated heterocycles. The average Bonchev–Trinajstić information content (AvgIpc) is 3.88. The summed E-state index contributed by atoms with van der Waals surface area (Å²) < 4.78 is 110. The van der Waals surface area contributed by atoms with Crippen LogP contribution in [0.15, 0.2) is 194 Å². The second-order valence-corrected chi connectivity index (χ2v) is 13.1. The van der Waals surface area contributed by atoms with Crippen LogP contribution in [0.1, 0.15) is 16.4 Å². The minimum Gasteiger partial charge on any atom is -0.310 e. The van der Waals surface area contributed by atoms with Gasteiger partial charge in [-0.3, -0.25) is 0 Å². The normalized spacial score (nSPS) is 14.8. The predicted molar refractivity (Wildman–Crippen MR) is 219 cm³/mol. The smallest absolute Gasteiger partial charge is 0.0652 e. The number of anilines is 3. The van der Waals surface area contributed by atoms with E-state index in [9.17, 15) is 6.85 Å². The Hall–Kier alpha value is -6.42. The number of aromatic nitrogens is 1. The Labute approximate surface area is 317 Å². The Kier molecular flexibility index (Phi) is 4.70. The Bertz CT molecular complexity index is 3510. The summed E-state index contributed by atoms with van der Waals surface area (Å²) in [5.41, 5.74) is 5.92. The molecule has 8 aromatic carbocycles. The van der Waals surface area contributed by atoms with Crippen molar-refractivity contribution < 1.29 is 16.4 Å². The Morgan fingerprint density at radius 1 is 0.471 bits per heavy atom. The second kappa shape index (κ2) is 12.2. The van der Waals surface area contributed by atoms with Crippen LogP contribution in [0.3, 0.4) is 0 Å². The predicted octanol–water partition coefficient (Wildman–Crippen LogP) is 14.0. The molecule has 51 heavy (non-hydrogen) atoms. The highest BCUT2D eigenvalue weighted by Gasteiger charge is 2.21. The van der Waals surface area contributed by atoms with E-state index in [0.717, 1.165) is 55.7 Å². The maximum absolute atomic E-state index is 9.80. The molecule has 0 aliphatic carbocycles. The molecule has 240 valence electrons. The lowest BCUT2D eigenvalue weighted by Crippen LogP contribution is -2.09. The van der Waals surface area contributed by atoms with Gasteiger partial charge in [-0.05, 0) is 95.4 Å². The molecular weight excluding hydrogens is 637 g/mol. The fourth-order valence-corrected chi connectivity index (χ4v) is 7.80. The SMILES string of the molecule is [2H]c1c([2H])c([2H])c(N(c2ccc3c(c2)c2cc(-c4ccccc4)cc(-c4ccccc4)c2n3-c2ccccc2)c2c([2H])c([2H])c3sc4c([2H])c([2H])c([2H])c([2H])c4c3c2[2H])c([2H])c1[2H]. The summed E-state index contributed by atoms with van der Waals surface area (Å²) >= 11 is 0.890. The number of para-hydroxylation sites is 2. The van der Waals surface area contributed by atoms with Crippen molar-refractivity contribution in [1.82, 2.24) is 4.57 Å². The summed E-state index contributed by atoms with van der Waals surface area (Å²) in [6.07, 6.45) is 0. The van der Waals surface area contributed by atoms with Crippen molar-refractivity contribution in [3.8, 4) is 27.9 Å². The average molecular weight is 681 g/mol. The molecule has 0 fully saturated rings. The number of hydrogen-bond donors (Lipinski definition) is 0. The molecule has 0 unspecified atom stereocenters. The number of thiophene rings is 1. The van der Waals surface area contributed by atoms with E-state index in [0.29, 0.717) is 5.39 Å². The quantitative estimate of drug-likeness (QED) is 0.170. The van der Waals surface area contributed by atoms with E-state index in [4.69, 9.17) is 9.60 Å². The zero-order valence-corrected chi connectivity index (χ0v) is 27.7. The summed E-state index contributed by atoms with van der Waals surface area (Å²) in [5.74, 6) is 0. The molecular formula is C48H32N2S. The molecule has 0 atom stereocenters. The van der Waals surface area contributed by atoms with Crippen LogP contribution in [-0.4, -0.2) is 4.57 Å². The van der Waals surface area contributed by atoms with E-state index in [2.05, 4.69) is 28.8 Å². The molecule has 0 amide bonds. The van der Waals surface area contributed by atoms with E-state index in [1.54, 1.807) is 6.07 Å². The summed E-state index contributed by atoms with van der Waals surface area (Å²) in [7, 11) is 0.